The van der Waals surface area contributed by atoms with Gasteiger partial charge in [-0.15, -0.1) is 0 Å². The minimum absolute atomic E-state index is 0.139. The number of hydrogen-bond acceptors (Lipinski definition) is 4. The molecule has 1 rings (SSSR count). The van der Waals surface area contributed by atoms with Crippen LogP contribution in [0.3, 0.4) is 0 Å². The number of hydrogen-bond donors (Lipinski definition) is 0. The van der Waals surface area contributed by atoms with Crippen LogP contribution in [0.5, 0.6) is 0 Å². The number of methoxy groups -OCH3 is 1. The molecular formula is C9H5BrF2N2O2. The third-order valence-corrected chi connectivity index (χ3v) is 2.62. The SMILES string of the molecule is COC(=O)c1ncc(C(F)F)c(Br)c1C#N. The molecule has 0 aliphatic heterocycles. The molecule has 7 heteroatoms. The van der Waals surface area contributed by atoms with Gasteiger partial charge in [0.05, 0.1) is 18.2 Å². The summed E-state index contributed by atoms with van der Waals surface area (Å²) in [6.07, 6.45) is -1.94. The summed E-state index contributed by atoms with van der Waals surface area (Å²) in [5.74, 6) is -0.849. The van der Waals surface area contributed by atoms with Crippen LogP contribution in [-0.2, 0) is 4.74 Å². The molecular weight excluding hydrogens is 286 g/mol. The van der Waals surface area contributed by atoms with Crippen molar-refractivity contribution < 1.29 is 18.3 Å². The highest BCUT2D eigenvalue weighted by atomic mass is 79.9. The summed E-state index contributed by atoms with van der Waals surface area (Å²) in [6.45, 7) is 0. The molecule has 0 aromatic carbocycles. The largest absolute Gasteiger partial charge is 0.464 e. The number of nitriles is 1. The quantitative estimate of drug-likeness (QED) is 0.785. The molecule has 1 aromatic heterocycles. The van der Waals surface area contributed by atoms with Gasteiger partial charge in [0.1, 0.15) is 6.07 Å². The standard InChI is InChI=1S/C9H5BrF2N2O2/c1-16-9(15)7-4(2-13)6(10)5(3-14-7)8(11)12/h3,8H,1H3. The highest BCUT2D eigenvalue weighted by Crippen LogP contribution is 2.30. The first-order valence-electron chi connectivity index (χ1n) is 3.97. The molecule has 16 heavy (non-hydrogen) atoms. The predicted octanol–water partition coefficient (Wildman–Crippen LogP) is 2.44. The number of esters is 1. The van der Waals surface area contributed by atoms with Crippen LogP contribution in [-0.4, -0.2) is 18.1 Å². The lowest BCUT2D eigenvalue weighted by Gasteiger charge is -2.07. The third kappa shape index (κ3) is 2.17. The molecule has 0 bridgehead atoms. The van der Waals surface area contributed by atoms with Gasteiger partial charge < -0.3 is 4.74 Å². The van der Waals surface area contributed by atoms with Gasteiger partial charge in [-0.3, -0.25) is 0 Å². The van der Waals surface area contributed by atoms with Crippen molar-refractivity contribution in [1.29, 1.82) is 5.26 Å². The van der Waals surface area contributed by atoms with Crippen LogP contribution in [0.25, 0.3) is 0 Å². The molecule has 0 aliphatic carbocycles. The van der Waals surface area contributed by atoms with Crippen molar-refractivity contribution in [2.45, 2.75) is 6.43 Å². The van der Waals surface area contributed by atoms with Gasteiger partial charge in [0.2, 0.25) is 0 Å². The molecule has 1 heterocycles. The topological polar surface area (TPSA) is 63.0 Å². The van der Waals surface area contributed by atoms with E-state index in [1.807, 2.05) is 0 Å². The molecule has 0 unspecified atom stereocenters. The lowest BCUT2D eigenvalue weighted by atomic mass is 10.1. The molecule has 0 saturated carbocycles. The van der Waals surface area contributed by atoms with E-state index in [1.165, 1.54) is 0 Å². The van der Waals surface area contributed by atoms with Crippen LogP contribution < -0.4 is 0 Å². The lowest BCUT2D eigenvalue weighted by Crippen LogP contribution is -2.09. The van der Waals surface area contributed by atoms with Gasteiger partial charge in [-0.1, -0.05) is 0 Å². The van der Waals surface area contributed by atoms with Crippen molar-refractivity contribution in [2.24, 2.45) is 0 Å². The van der Waals surface area contributed by atoms with Crippen molar-refractivity contribution in [1.82, 2.24) is 4.98 Å². The Balaban J connectivity index is 3.42. The van der Waals surface area contributed by atoms with Crippen LogP contribution in [0, 0.1) is 11.3 Å². The van der Waals surface area contributed by atoms with Gasteiger partial charge in [-0.05, 0) is 15.9 Å². The number of pyridine rings is 1. The fraction of sp³-hybridized carbons (Fsp3) is 0.222. The van der Waals surface area contributed by atoms with Crippen LogP contribution in [0.15, 0.2) is 10.7 Å². The average molecular weight is 291 g/mol. The summed E-state index contributed by atoms with van der Waals surface area (Å²) < 4.78 is 29.2. The smallest absolute Gasteiger partial charge is 0.358 e. The summed E-state index contributed by atoms with van der Waals surface area (Å²) in [4.78, 5) is 14.7. The first-order chi connectivity index (χ1) is 7.52. The van der Waals surface area contributed by atoms with Gasteiger partial charge in [0.15, 0.2) is 5.69 Å². The zero-order chi connectivity index (χ0) is 12.3. The van der Waals surface area contributed by atoms with Crippen molar-refractivity contribution in [2.75, 3.05) is 7.11 Å². The van der Waals surface area contributed by atoms with E-state index in [2.05, 4.69) is 25.7 Å². The van der Waals surface area contributed by atoms with E-state index in [1.54, 1.807) is 6.07 Å². The molecule has 0 spiro atoms. The molecule has 0 atom stereocenters. The Bertz CT molecular complexity index is 471. The Morgan fingerprint density at radius 1 is 1.69 bits per heavy atom. The van der Waals surface area contributed by atoms with E-state index in [0.29, 0.717) is 0 Å². The van der Waals surface area contributed by atoms with Crippen molar-refractivity contribution in [3.05, 3.63) is 27.5 Å². The maximum Gasteiger partial charge on any atom is 0.358 e. The molecule has 0 aliphatic rings. The van der Waals surface area contributed by atoms with E-state index in [-0.39, 0.29) is 15.7 Å². The van der Waals surface area contributed by atoms with E-state index < -0.39 is 18.0 Å². The van der Waals surface area contributed by atoms with Gasteiger partial charge in [0, 0.05) is 10.7 Å². The Morgan fingerprint density at radius 2 is 2.31 bits per heavy atom. The Morgan fingerprint density at radius 3 is 2.75 bits per heavy atom. The zero-order valence-corrected chi connectivity index (χ0v) is 9.59. The second kappa shape index (κ2) is 4.99. The maximum absolute atomic E-state index is 12.5. The van der Waals surface area contributed by atoms with Gasteiger partial charge >= 0.3 is 5.97 Å². The van der Waals surface area contributed by atoms with Crippen LogP contribution in [0.1, 0.15) is 28.0 Å². The number of nitrogens with zero attached hydrogens (tertiary/aromatic N) is 2. The Labute approximate surface area is 98.0 Å². The van der Waals surface area contributed by atoms with Crippen LogP contribution in [0.2, 0.25) is 0 Å². The molecule has 84 valence electrons. The number of ether oxygens (including phenoxy) is 1. The maximum atomic E-state index is 12.5. The number of rotatable bonds is 2. The second-order valence-corrected chi connectivity index (χ2v) is 3.45. The molecule has 0 radical (unpaired) electrons. The first kappa shape index (κ1) is 12.5. The Hall–Kier alpha value is -1.55. The fourth-order valence-electron chi connectivity index (χ4n) is 1.01. The number of alkyl halides is 2. The van der Waals surface area contributed by atoms with E-state index in [9.17, 15) is 13.6 Å². The number of carbonyl (C=O) groups is 1. The molecule has 0 saturated heterocycles. The first-order valence-corrected chi connectivity index (χ1v) is 4.77. The zero-order valence-electron chi connectivity index (χ0n) is 8.00. The minimum Gasteiger partial charge on any atom is -0.464 e. The van der Waals surface area contributed by atoms with Gasteiger partial charge in [0.25, 0.3) is 6.43 Å². The van der Waals surface area contributed by atoms with E-state index in [0.717, 1.165) is 13.3 Å². The van der Waals surface area contributed by atoms with E-state index in [4.69, 9.17) is 5.26 Å². The van der Waals surface area contributed by atoms with Crippen LogP contribution >= 0.6 is 15.9 Å². The number of halogens is 3. The lowest BCUT2D eigenvalue weighted by molar-refractivity contribution is 0.0593. The monoisotopic (exact) mass is 290 g/mol. The summed E-state index contributed by atoms with van der Waals surface area (Å²) in [6, 6.07) is 1.63. The highest BCUT2D eigenvalue weighted by Gasteiger charge is 2.22. The number of carbonyl (C=O) groups excluding carboxylic acids is 1. The molecule has 1 aromatic rings. The fourth-order valence-corrected chi connectivity index (χ4v) is 1.56. The summed E-state index contributed by atoms with van der Waals surface area (Å²) >= 11 is 2.84. The summed E-state index contributed by atoms with van der Waals surface area (Å²) in [5.41, 5.74) is -0.991. The van der Waals surface area contributed by atoms with Crippen LogP contribution in [0.4, 0.5) is 8.78 Å². The van der Waals surface area contributed by atoms with Gasteiger partial charge in [-0.25, -0.2) is 18.6 Å². The second-order valence-electron chi connectivity index (χ2n) is 2.66. The average Bonchev–Trinajstić information content (AvgIpc) is 2.26. The molecule has 4 nitrogen and oxygen atoms in total. The normalized spacial score (nSPS) is 10.0. The number of aromatic nitrogens is 1. The van der Waals surface area contributed by atoms with Crippen molar-refractivity contribution >= 4 is 21.9 Å². The van der Waals surface area contributed by atoms with Crippen molar-refractivity contribution in [3.63, 3.8) is 0 Å². The summed E-state index contributed by atoms with van der Waals surface area (Å²) in [7, 11) is 1.11. The van der Waals surface area contributed by atoms with E-state index >= 15 is 0 Å². The Kier molecular flexibility index (Phi) is 3.90. The molecule has 0 fully saturated rings. The van der Waals surface area contributed by atoms with Crippen molar-refractivity contribution in [3.8, 4) is 6.07 Å². The molecule has 0 amide bonds. The minimum atomic E-state index is -2.78. The summed E-state index contributed by atoms with van der Waals surface area (Å²) in [5, 5.41) is 8.78. The highest BCUT2D eigenvalue weighted by molar-refractivity contribution is 9.10. The predicted molar refractivity (Wildman–Crippen MR) is 52.9 cm³/mol. The van der Waals surface area contributed by atoms with Gasteiger partial charge in [-0.2, -0.15) is 5.26 Å². The third-order valence-electron chi connectivity index (χ3n) is 1.77. The molecule has 0 N–H and O–H groups in total.